The van der Waals surface area contributed by atoms with Crippen LogP contribution in [0.15, 0.2) is 70.8 Å². The van der Waals surface area contributed by atoms with Crippen molar-refractivity contribution in [2.24, 2.45) is 0 Å². The number of rotatable bonds is 5. The highest BCUT2D eigenvalue weighted by molar-refractivity contribution is 6.13. The Kier molecular flexibility index (Phi) is 5.36. The molecule has 8 heteroatoms. The number of furan rings is 1. The summed E-state index contributed by atoms with van der Waals surface area (Å²) in [7, 11) is 1.29. The van der Waals surface area contributed by atoms with Crippen molar-refractivity contribution in [1.29, 1.82) is 0 Å². The molecule has 0 spiro atoms. The van der Waals surface area contributed by atoms with E-state index in [9.17, 15) is 18.8 Å². The number of nitrogens with zero attached hydrogens (tertiary/aromatic N) is 1. The molecule has 2 aromatic carbocycles. The summed E-state index contributed by atoms with van der Waals surface area (Å²) in [4.78, 5) is 37.8. The van der Waals surface area contributed by atoms with Gasteiger partial charge in [-0.05, 0) is 24.3 Å². The Morgan fingerprint density at radius 3 is 2.61 bits per heavy atom. The van der Waals surface area contributed by atoms with Crippen molar-refractivity contribution < 1.29 is 27.9 Å². The second kappa shape index (κ2) is 8.27. The van der Waals surface area contributed by atoms with Crippen molar-refractivity contribution >= 4 is 24.0 Å². The first-order valence-electron chi connectivity index (χ1n) is 9.33. The predicted molar refractivity (Wildman–Crippen MR) is 109 cm³/mol. The standard InChI is InChI=1S/C23H17FN2O5/c1-30-22(28)17-8-4-3-7-16(17)20-11-10-15(31-20)12-19-21(27)26(23(29)25-19)13-14-6-2-5-9-18(14)24/h2-12H,13H2,1H3,(H,25,29)/b19-12-. The largest absolute Gasteiger partial charge is 0.465 e. The van der Waals surface area contributed by atoms with E-state index < -0.39 is 23.7 Å². The van der Waals surface area contributed by atoms with Crippen LogP contribution in [0.4, 0.5) is 9.18 Å². The highest BCUT2D eigenvalue weighted by Crippen LogP contribution is 2.28. The van der Waals surface area contributed by atoms with Crippen LogP contribution < -0.4 is 5.32 Å². The third kappa shape index (κ3) is 3.95. The first-order chi connectivity index (χ1) is 15.0. The van der Waals surface area contributed by atoms with Gasteiger partial charge < -0.3 is 14.5 Å². The van der Waals surface area contributed by atoms with E-state index >= 15 is 0 Å². The maximum absolute atomic E-state index is 13.9. The number of nitrogens with one attached hydrogen (secondary N) is 1. The van der Waals surface area contributed by atoms with E-state index in [4.69, 9.17) is 9.15 Å². The Bertz CT molecular complexity index is 1210. The fraction of sp³-hybridized carbons (Fsp3) is 0.0870. The number of methoxy groups -OCH3 is 1. The number of benzene rings is 2. The minimum absolute atomic E-state index is 0.00323. The highest BCUT2D eigenvalue weighted by atomic mass is 19.1. The molecule has 3 amide bonds. The van der Waals surface area contributed by atoms with Crippen molar-refractivity contribution in [3.8, 4) is 11.3 Å². The molecule has 0 aliphatic carbocycles. The van der Waals surface area contributed by atoms with Crippen molar-refractivity contribution in [3.05, 3.63) is 89.1 Å². The van der Waals surface area contributed by atoms with Crippen molar-refractivity contribution in [3.63, 3.8) is 0 Å². The molecule has 0 atom stereocenters. The molecule has 2 heterocycles. The summed E-state index contributed by atoms with van der Waals surface area (Å²) in [6.45, 7) is -0.190. The number of carbonyl (C=O) groups excluding carboxylic acids is 3. The van der Waals surface area contributed by atoms with Gasteiger partial charge in [-0.15, -0.1) is 0 Å². The summed E-state index contributed by atoms with van der Waals surface area (Å²) < 4.78 is 24.4. The maximum Gasteiger partial charge on any atom is 0.338 e. The summed E-state index contributed by atoms with van der Waals surface area (Å²) in [5.74, 6) is -0.908. The van der Waals surface area contributed by atoms with Gasteiger partial charge in [-0.25, -0.2) is 14.0 Å². The van der Waals surface area contributed by atoms with Gasteiger partial charge in [0.25, 0.3) is 5.91 Å². The van der Waals surface area contributed by atoms with Gasteiger partial charge in [-0.2, -0.15) is 0 Å². The number of halogens is 1. The van der Waals surface area contributed by atoms with E-state index in [0.717, 1.165) is 4.90 Å². The van der Waals surface area contributed by atoms with Crippen LogP contribution in [0.25, 0.3) is 17.4 Å². The lowest BCUT2D eigenvalue weighted by Gasteiger charge is -2.12. The van der Waals surface area contributed by atoms with Gasteiger partial charge in [0, 0.05) is 17.2 Å². The lowest BCUT2D eigenvalue weighted by Crippen LogP contribution is -2.30. The quantitative estimate of drug-likeness (QED) is 0.383. The second-order valence-corrected chi connectivity index (χ2v) is 6.71. The summed E-state index contributed by atoms with van der Waals surface area (Å²) in [6.07, 6.45) is 1.38. The Hall–Kier alpha value is -4.20. The molecule has 156 valence electrons. The van der Waals surface area contributed by atoms with Crippen LogP contribution in [0.2, 0.25) is 0 Å². The Morgan fingerprint density at radius 1 is 1.10 bits per heavy atom. The van der Waals surface area contributed by atoms with Crippen LogP contribution in [0.3, 0.4) is 0 Å². The van der Waals surface area contributed by atoms with Gasteiger partial charge in [-0.1, -0.05) is 36.4 Å². The molecule has 0 unspecified atom stereocenters. The molecule has 1 saturated heterocycles. The molecule has 1 aromatic heterocycles. The van der Waals surface area contributed by atoms with Gasteiger partial charge in [0.15, 0.2) is 0 Å². The lowest BCUT2D eigenvalue weighted by molar-refractivity contribution is -0.123. The van der Waals surface area contributed by atoms with Crippen LogP contribution in [-0.2, 0) is 16.1 Å². The average Bonchev–Trinajstić information content (AvgIpc) is 3.35. The van der Waals surface area contributed by atoms with E-state index in [1.165, 1.54) is 31.4 Å². The summed E-state index contributed by atoms with van der Waals surface area (Å²) >= 11 is 0. The monoisotopic (exact) mass is 420 g/mol. The number of urea groups is 1. The number of ether oxygens (including phenoxy) is 1. The topological polar surface area (TPSA) is 88.9 Å². The molecule has 7 nitrogen and oxygen atoms in total. The first kappa shape index (κ1) is 20.1. The fourth-order valence-electron chi connectivity index (χ4n) is 3.22. The molecular formula is C23H17FN2O5. The van der Waals surface area contributed by atoms with Gasteiger partial charge in [0.1, 0.15) is 23.0 Å². The zero-order chi connectivity index (χ0) is 22.0. The van der Waals surface area contributed by atoms with E-state index in [1.54, 1.807) is 42.5 Å². The van der Waals surface area contributed by atoms with Gasteiger partial charge in [0.2, 0.25) is 0 Å². The first-order valence-corrected chi connectivity index (χ1v) is 9.33. The Balaban J connectivity index is 1.58. The number of carbonyl (C=O) groups is 3. The average molecular weight is 420 g/mol. The summed E-state index contributed by atoms with van der Waals surface area (Å²) in [5.41, 5.74) is 1.09. The fourth-order valence-corrected chi connectivity index (χ4v) is 3.22. The summed E-state index contributed by atoms with van der Waals surface area (Å²) in [6, 6.07) is 15.3. The minimum Gasteiger partial charge on any atom is -0.465 e. The minimum atomic E-state index is -0.651. The second-order valence-electron chi connectivity index (χ2n) is 6.71. The number of hydrogen-bond acceptors (Lipinski definition) is 5. The van der Waals surface area contributed by atoms with Crippen LogP contribution in [0.5, 0.6) is 0 Å². The van der Waals surface area contributed by atoms with Crippen molar-refractivity contribution in [1.82, 2.24) is 10.2 Å². The molecule has 4 rings (SSSR count). The van der Waals surface area contributed by atoms with E-state index in [-0.39, 0.29) is 17.8 Å². The zero-order valence-corrected chi connectivity index (χ0v) is 16.4. The molecule has 0 radical (unpaired) electrons. The molecule has 1 aliphatic heterocycles. The number of imide groups is 1. The van der Waals surface area contributed by atoms with E-state index in [2.05, 4.69) is 5.32 Å². The molecule has 3 aromatic rings. The Morgan fingerprint density at radius 2 is 1.84 bits per heavy atom. The smallest absolute Gasteiger partial charge is 0.338 e. The van der Waals surface area contributed by atoms with Gasteiger partial charge in [0.05, 0.1) is 19.2 Å². The zero-order valence-electron chi connectivity index (χ0n) is 16.4. The van der Waals surface area contributed by atoms with Gasteiger partial charge >= 0.3 is 12.0 Å². The van der Waals surface area contributed by atoms with Crippen LogP contribution in [-0.4, -0.2) is 29.9 Å². The van der Waals surface area contributed by atoms with E-state index in [0.29, 0.717) is 22.6 Å². The van der Waals surface area contributed by atoms with Crippen molar-refractivity contribution in [2.75, 3.05) is 7.11 Å². The molecule has 0 saturated carbocycles. The summed E-state index contributed by atoms with van der Waals surface area (Å²) in [5, 5.41) is 2.47. The molecule has 1 fully saturated rings. The number of amides is 3. The third-order valence-electron chi connectivity index (χ3n) is 4.76. The van der Waals surface area contributed by atoms with E-state index in [1.807, 2.05) is 0 Å². The van der Waals surface area contributed by atoms with Gasteiger partial charge in [-0.3, -0.25) is 9.69 Å². The van der Waals surface area contributed by atoms with Crippen LogP contribution in [0.1, 0.15) is 21.7 Å². The number of esters is 1. The SMILES string of the molecule is COC(=O)c1ccccc1-c1ccc(/C=C2\NC(=O)N(Cc3ccccc3F)C2=O)o1. The Labute approximate surface area is 176 Å². The molecule has 1 N–H and O–H groups in total. The van der Waals surface area contributed by atoms with Crippen LogP contribution >= 0.6 is 0 Å². The highest BCUT2D eigenvalue weighted by Gasteiger charge is 2.34. The third-order valence-corrected chi connectivity index (χ3v) is 4.76. The van der Waals surface area contributed by atoms with Crippen molar-refractivity contribution in [2.45, 2.75) is 6.54 Å². The molecule has 1 aliphatic rings. The molecular weight excluding hydrogens is 403 g/mol. The van der Waals surface area contributed by atoms with Crippen LogP contribution in [0, 0.1) is 5.82 Å². The predicted octanol–water partition coefficient (Wildman–Crippen LogP) is 3.97. The molecule has 31 heavy (non-hydrogen) atoms. The lowest BCUT2D eigenvalue weighted by atomic mass is 10.1. The molecule has 0 bridgehead atoms. The number of hydrogen-bond donors (Lipinski definition) is 1. The normalized spacial score (nSPS) is 14.8. The maximum atomic E-state index is 13.9.